The van der Waals surface area contributed by atoms with Gasteiger partial charge in [0.15, 0.2) is 0 Å². The van der Waals surface area contributed by atoms with E-state index in [2.05, 4.69) is 31.3 Å². The highest BCUT2D eigenvalue weighted by Crippen LogP contribution is 2.64. The van der Waals surface area contributed by atoms with E-state index in [1.807, 2.05) is 23.1 Å². The molecule has 1 heterocycles. The molecule has 4 bridgehead atoms. The largest absolute Gasteiger partial charge is 0.497 e. The first-order valence-electron chi connectivity index (χ1n) is 10.1. The fourth-order valence-electron chi connectivity index (χ4n) is 6.38. The van der Waals surface area contributed by atoms with Crippen LogP contribution in [0.15, 0.2) is 29.3 Å². The van der Waals surface area contributed by atoms with Crippen molar-refractivity contribution < 1.29 is 14.3 Å². The monoisotopic (exact) mass is 460 g/mol. The topological polar surface area (TPSA) is 78.3 Å². The molecule has 1 aromatic heterocycles. The minimum Gasteiger partial charge on any atom is -0.497 e. The Morgan fingerprint density at radius 3 is 2.59 bits per heavy atom. The predicted octanol–water partition coefficient (Wildman–Crippen LogP) is 3.99. The van der Waals surface area contributed by atoms with E-state index in [1.165, 1.54) is 6.42 Å². The number of halogens is 1. The van der Waals surface area contributed by atoms with Gasteiger partial charge in [-0.1, -0.05) is 0 Å². The Bertz CT molecular complexity index is 945. The van der Waals surface area contributed by atoms with E-state index in [0.717, 1.165) is 32.1 Å². The van der Waals surface area contributed by atoms with Gasteiger partial charge in [0, 0.05) is 6.07 Å². The van der Waals surface area contributed by atoms with Gasteiger partial charge in [0.2, 0.25) is 10.6 Å². The van der Waals surface area contributed by atoms with Crippen LogP contribution in [0.1, 0.15) is 38.5 Å². The minimum atomic E-state index is -0.368. The van der Waals surface area contributed by atoms with E-state index in [4.69, 9.17) is 9.47 Å². The van der Waals surface area contributed by atoms with E-state index in [0.29, 0.717) is 33.8 Å². The summed E-state index contributed by atoms with van der Waals surface area (Å²) in [6.07, 6.45) is 7.91. The van der Waals surface area contributed by atoms with E-state index in [-0.39, 0.29) is 16.9 Å². The maximum absolute atomic E-state index is 13.6. The van der Waals surface area contributed by atoms with Crippen LogP contribution in [0.4, 0.5) is 5.69 Å². The summed E-state index contributed by atoms with van der Waals surface area (Å²) in [6, 6.07) is 5.48. The Kier molecular flexibility index (Phi) is 4.38. The number of nitrogens with one attached hydrogen (secondary N) is 1. The number of anilines is 1. The SMILES string of the molecule is COc1ccc(NC(=O)C23C[C@@H]4C[C@@H](C2)CC(n2cnc(Br)n2)(C4)C3)c(OC)c1. The summed E-state index contributed by atoms with van der Waals surface area (Å²) in [4.78, 5) is 17.9. The molecule has 4 aliphatic carbocycles. The lowest BCUT2D eigenvalue weighted by Gasteiger charge is -2.60. The summed E-state index contributed by atoms with van der Waals surface area (Å²) >= 11 is 3.38. The van der Waals surface area contributed by atoms with Gasteiger partial charge >= 0.3 is 0 Å². The molecule has 1 aromatic carbocycles. The van der Waals surface area contributed by atoms with E-state index in [1.54, 1.807) is 20.3 Å². The van der Waals surface area contributed by atoms with Crippen LogP contribution >= 0.6 is 15.9 Å². The third kappa shape index (κ3) is 3.03. The number of benzene rings is 1. The summed E-state index contributed by atoms with van der Waals surface area (Å²) in [5, 5.41) is 7.75. The molecule has 4 fully saturated rings. The van der Waals surface area contributed by atoms with Gasteiger partial charge in [0.05, 0.1) is 30.9 Å². The van der Waals surface area contributed by atoms with Gasteiger partial charge in [-0.15, -0.1) is 5.10 Å². The Morgan fingerprint density at radius 1 is 1.21 bits per heavy atom. The molecule has 0 saturated heterocycles. The zero-order chi connectivity index (χ0) is 20.2. The maximum Gasteiger partial charge on any atom is 0.230 e. The molecule has 29 heavy (non-hydrogen) atoms. The molecule has 7 nitrogen and oxygen atoms in total. The van der Waals surface area contributed by atoms with Crippen molar-refractivity contribution in [3.05, 3.63) is 29.3 Å². The molecule has 0 aliphatic heterocycles. The molecule has 154 valence electrons. The van der Waals surface area contributed by atoms with Crippen molar-refractivity contribution in [2.75, 3.05) is 19.5 Å². The summed E-state index contributed by atoms with van der Waals surface area (Å²) in [7, 11) is 3.22. The number of amides is 1. The van der Waals surface area contributed by atoms with Gasteiger partial charge in [-0.05, 0) is 78.4 Å². The number of rotatable bonds is 5. The second kappa shape index (κ2) is 6.72. The van der Waals surface area contributed by atoms with Crippen LogP contribution < -0.4 is 14.8 Å². The maximum atomic E-state index is 13.6. The smallest absolute Gasteiger partial charge is 0.230 e. The number of aromatic nitrogens is 3. The molecule has 6 rings (SSSR count). The van der Waals surface area contributed by atoms with Gasteiger partial charge in [0.25, 0.3) is 0 Å². The van der Waals surface area contributed by atoms with E-state index < -0.39 is 0 Å². The first kappa shape index (κ1) is 18.9. The van der Waals surface area contributed by atoms with E-state index >= 15 is 0 Å². The van der Waals surface area contributed by atoms with Gasteiger partial charge in [0.1, 0.15) is 17.8 Å². The van der Waals surface area contributed by atoms with Crippen LogP contribution in [0.2, 0.25) is 0 Å². The molecule has 4 saturated carbocycles. The summed E-state index contributed by atoms with van der Waals surface area (Å²) < 4.78 is 13.4. The molecular weight excluding hydrogens is 436 g/mol. The van der Waals surface area contributed by atoms with Crippen molar-refractivity contribution in [2.24, 2.45) is 17.3 Å². The van der Waals surface area contributed by atoms with Crippen molar-refractivity contribution in [1.82, 2.24) is 14.8 Å². The van der Waals surface area contributed by atoms with Crippen molar-refractivity contribution in [2.45, 2.75) is 44.1 Å². The van der Waals surface area contributed by atoms with Crippen LogP contribution in [0.3, 0.4) is 0 Å². The lowest BCUT2D eigenvalue weighted by Crippen LogP contribution is -2.60. The highest BCUT2D eigenvalue weighted by molar-refractivity contribution is 9.10. The highest BCUT2D eigenvalue weighted by atomic mass is 79.9. The fourth-order valence-corrected chi connectivity index (χ4v) is 6.64. The second-order valence-corrected chi connectivity index (χ2v) is 9.65. The first-order chi connectivity index (χ1) is 13.9. The third-order valence-electron chi connectivity index (χ3n) is 7.12. The lowest BCUT2D eigenvalue weighted by molar-refractivity contribution is -0.150. The summed E-state index contributed by atoms with van der Waals surface area (Å²) in [6.45, 7) is 0. The van der Waals surface area contributed by atoms with Crippen LogP contribution in [0.25, 0.3) is 0 Å². The molecule has 2 atom stereocenters. The van der Waals surface area contributed by atoms with Crippen molar-refractivity contribution in [3.8, 4) is 11.5 Å². The average Bonchev–Trinajstić information content (AvgIpc) is 3.14. The number of nitrogens with zero attached hydrogens (tertiary/aromatic N) is 3. The summed E-state index contributed by atoms with van der Waals surface area (Å²) in [5.41, 5.74) is 0.212. The highest BCUT2D eigenvalue weighted by Gasteiger charge is 2.61. The predicted molar refractivity (Wildman–Crippen MR) is 111 cm³/mol. The normalized spacial score (nSPS) is 32.2. The summed E-state index contributed by atoms with van der Waals surface area (Å²) in [5.74, 6) is 2.52. The number of carbonyl (C=O) groups is 1. The Labute approximate surface area is 178 Å². The van der Waals surface area contributed by atoms with Crippen LogP contribution in [0.5, 0.6) is 11.5 Å². The molecule has 1 N–H and O–H groups in total. The molecular formula is C21H25BrN4O3. The number of hydrogen-bond donors (Lipinski definition) is 1. The Balaban J connectivity index is 1.45. The quantitative estimate of drug-likeness (QED) is 0.729. The minimum absolute atomic E-state index is 0.0959. The molecule has 0 radical (unpaired) electrons. The molecule has 0 unspecified atom stereocenters. The number of methoxy groups -OCH3 is 2. The number of hydrogen-bond acceptors (Lipinski definition) is 5. The molecule has 8 heteroatoms. The Morgan fingerprint density at radius 2 is 1.97 bits per heavy atom. The van der Waals surface area contributed by atoms with Crippen LogP contribution in [-0.4, -0.2) is 34.9 Å². The first-order valence-corrected chi connectivity index (χ1v) is 10.9. The zero-order valence-electron chi connectivity index (χ0n) is 16.7. The van der Waals surface area contributed by atoms with Crippen LogP contribution in [-0.2, 0) is 10.3 Å². The molecule has 2 aromatic rings. The van der Waals surface area contributed by atoms with Gasteiger partial charge in [-0.25, -0.2) is 9.67 Å². The second-order valence-electron chi connectivity index (χ2n) is 8.94. The third-order valence-corrected chi connectivity index (χ3v) is 7.48. The molecule has 0 spiro atoms. The fraction of sp³-hybridized carbons (Fsp3) is 0.571. The van der Waals surface area contributed by atoms with Crippen molar-refractivity contribution >= 4 is 27.5 Å². The number of ether oxygens (including phenoxy) is 2. The van der Waals surface area contributed by atoms with Crippen molar-refractivity contribution in [1.29, 1.82) is 0 Å². The molecule has 4 aliphatic rings. The average molecular weight is 461 g/mol. The van der Waals surface area contributed by atoms with Gasteiger partial charge in [-0.2, -0.15) is 0 Å². The lowest BCUT2D eigenvalue weighted by atomic mass is 9.46. The van der Waals surface area contributed by atoms with E-state index in [9.17, 15) is 4.79 Å². The van der Waals surface area contributed by atoms with Crippen LogP contribution in [0, 0.1) is 17.3 Å². The zero-order valence-corrected chi connectivity index (χ0v) is 18.2. The van der Waals surface area contributed by atoms with Gasteiger partial charge in [-0.3, -0.25) is 4.79 Å². The van der Waals surface area contributed by atoms with Gasteiger partial charge < -0.3 is 14.8 Å². The van der Waals surface area contributed by atoms with Crippen molar-refractivity contribution in [3.63, 3.8) is 0 Å². The Hall–Kier alpha value is -2.09. The standard InChI is InChI=1S/C21H25BrN4O3/c1-28-15-3-4-16(17(6-15)29-2)24-18(27)20-7-13-5-14(8-20)10-21(9-13,11-20)26-12-23-19(22)25-26/h3-4,6,12-14H,5,7-11H2,1-2H3,(H,24,27)/t13-,14-,20?,21?/m0/s1. The molecule has 1 amide bonds. The number of carbonyl (C=O) groups excluding carboxylic acids is 1.